The Hall–Kier alpha value is -2.72. The highest BCUT2D eigenvalue weighted by atomic mass is 16.3. The predicted molar refractivity (Wildman–Crippen MR) is 82.7 cm³/mol. The zero-order valence-corrected chi connectivity index (χ0v) is 11.7. The number of rotatable bonds is 2. The van der Waals surface area contributed by atoms with Crippen LogP contribution in [0.5, 0.6) is 11.5 Å². The van der Waals surface area contributed by atoms with Crippen LogP contribution in [0.1, 0.15) is 17.0 Å². The van der Waals surface area contributed by atoms with Gasteiger partial charge in [-0.3, -0.25) is 0 Å². The molecule has 22 heavy (non-hydrogen) atoms. The molecule has 2 unspecified atom stereocenters. The lowest BCUT2D eigenvalue weighted by atomic mass is 9.74. The molecule has 4 heteroatoms. The Morgan fingerprint density at radius 1 is 0.864 bits per heavy atom. The van der Waals surface area contributed by atoms with E-state index in [1.54, 1.807) is 12.1 Å². The lowest BCUT2D eigenvalue weighted by Gasteiger charge is -2.35. The third-order valence-corrected chi connectivity index (χ3v) is 3.92. The van der Waals surface area contributed by atoms with E-state index in [0.717, 1.165) is 5.56 Å². The van der Waals surface area contributed by atoms with Crippen molar-refractivity contribution in [3.8, 4) is 11.5 Å². The third kappa shape index (κ3) is 2.23. The number of aliphatic hydroxyl groups excluding tert-OH is 1. The summed E-state index contributed by atoms with van der Waals surface area (Å²) >= 11 is 0. The normalized spacial score (nSPS) is 24.0. The van der Waals surface area contributed by atoms with E-state index in [1.807, 2.05) is 30.3 Å². The minimum Gasteiger partial charge on any atom is -0.508 e. The van der Waals surface area contributed by atoms with E-state index < -0.39 is 11.5 Å². The number of hydrogen-bond acceptors (Lipinski definition) is 4. The van der Waals surface area contributed by atoms with Crippen molar-refractivity contribution in [2.75, 3.05) is 0 Å². The average molecular weight is 296 g/mol. The first-order valence-corrected chi connectivity index (χ1v) is 6.91. The molecule has 2 aromatic rings. The maximum Gasteiger partial charge on any atom is 0.163 e. The van der Waals surface area contributed by atoms with E-state index in [9.17, 15) is 20.4 Å². The number of para-hydroxylation sites is 1. The van der Waals surface area contributed by atoms with E-state index in [1.165, 1.54) is 24.3 Å². The quantitative estimate of drug-likeness (QED) is 0.642. The van der Waals surface area contributed by atoms with Gasteiger partial charge in [0.1, 0.15) is 11.4 Å². The summed E-state index contributed by atoms with van der Waals surface area (Å²) in [5, 5.41) is 40.8. The number of allylic oxidation sites excluding steroid dienone is 1. The molecule has 4 N–H and O–H groups in total. The minimum absolute atomic E-state index is 0.0400. The molecule has 3 rings (SSSR count). The van der Waals surface area contributed by atoms with E-state index >= 15 is 0 Å². The highest BCUT2D eigenvalue weighted by Crippen LogP contribution is 2.47. The maximum atomic E-state index is 11.2. The molecule has 0 saturated carbocycles. The van der Waals surface area contributed by atoms with Gasteiger partial charge in [-0.1, -0.05) is 42.5 Å². The van der Waals surface area contributed by atoms with Crippen LogP contribution in [0.25, 0.3) is 0 Å². The number of hydrogen-bond donors (Lipinski definition) is 4. The van der Waals surface area contributed by atoms with Crippen molar-refractivity contribution in [3.05, 3.63) is 83.6 Å². The molecule has 4 nitrogen and oxygen atoms in total. The Labute approximate surface area is 127 Å². The van der Waals surface area contributed by atoms with Gasteiger partial charge in [-0.05, 0) is 29.9 Å². The second-order valence-corrected chi connectivity index (χ2v) is 5.31. The molecular formula is C18H16O4. The second kappa shape index (κ2) is 5.24. The molecule has 0 heterocycles. The van der Waals surface area contributed by atoms with Crippen LogP contribution >= 0.6 is 0 Å². The van der Waals surface area contributed by atoms with Crippen molar-refractivity contribution in [2.45, 2.75) is 11.5 Å². The average Bonchev–Trinajstić information content (AvgIpc) is 2.53. The van der Waals surface area contributed by atoms with Crippen molar-refractivity contribution in [2.24, 2.45) is 0 Å². The molecule has 0 radical (unpaired) electrons. The summed E-state index contributed by atoms with van der Waals surface area (Å²) in [6.45, 7) is 0. The molecule has 0 amide bonds. The highest BCUT2D eigenvalue weighted by Gasteiger charge is 2.40. The maximum absolute atomic E-state index is 11.2. The fraction of sp³-hybridized carbons (Fsp3) is 0.111. The van der Waals surface area contributed by atoms with Crippen LogP contribution in [0.15, 0.2) is 72.5 Å². The minimum atomic E-state index is -1.57. The molecule has 2 aromatic carbocycles. The van der Waals surface area contributed by atoms with Crippen LogP contribution in [0.2, 0.25) is 0 Å². The lowest BCUT2D eigenvalue weighted by Crippen LogP contribution is -2.32. The molecule has 0 spiro atoms. The summed E-state index contributed by atoms with van der Waals surface area (Å²) in [5.41, 5.74) is -0.610. The summed E-state index contributed by atoms with van der Waals surface area (Å²) in [6, 6.07) is 13.6. The molecule has 1 aliphatic rings. The van der Waals surface area contributed by atoms with E-state index in [0.29, 0.717) is 0 Å². The number of phenols is 2. The molecule has 0 aliphatic heterocycles. The van der Waals surface area contributed by atoms with E-state index in [4.69, 9.17) is 0 Å². The number of aromatic hydroxyl groups is 2. The van der Waals surface area contributed by atoms with Crippen molar-refractivity contribution in [1.29, 1.82) is 0 Å². The zero-order chi connectivity index (χ0) is 15.7. The van der Waals surface area contributed by atoms with Gasteiger partial charge in [-0.25, -0.2) is 0 Å². The van der Waals surface area contributed by atoms with Gasteiger partial charge in [0.2, 0.25) is 0 Å². The highest BCUT2D eigenvalue weighted by molar-refractivity contribution is 5.53. The topological polar surface area (TPSA) is 80.9 Å². The standard InChI is InChI=1S/C18H16O4/c19-13-9-10-18(22,14-7-4-8-16(20)17(14)21)15(11-13)12-5-2-1-3-6-12/h1-11,15,19-22H. The van der Waals surface area contributed by atoms with Crippen molar-refractivity contribution < 1.29 is 20.4 Å². The summed E-state index contributed by atoms with van der Waals surface area (Å²) in [4.78, 5) is 0. The monoisotopic (exact) mass is 296 g/mol. The first-order chi connectivity index (χ1) is 10.5. The van der Waals surface area contributed by atoms with Crippen molar-refractivity contribution >= 4 is 0 Å². The van der Waals surface area contributed by atoms with Crippen LogP contribution in [-0.2, 0) is 5.60 Å². The van der Waals surface area contributed by atoms with Gasteiger partial charge in [-0.2, -0.15) is 0 Å². The molecule has 2 atom stereocenters. The summed E-state index contributed by atoms with van der Waals surface area (Å²) in [7, 11) is 0. The Morgan fingerprint density at radius 3 is 2.32 bits per heavy atom. The Kier molecular flexibility index (Phi) is 3.39. The van der Waals surface area contributed by atoms with Gasteiger partial charge >= 0.3 is 0 Å². The van der Waals surface area contributed by atoms with Gasteiger partial charge in [-0.15, -0.1) is 0 Å². The molecule has 0 fully saturated rings. The number of aliphatic hydroxyl groups is 2. The van der Waals surface area contributed by atoms with Crippen LogP contribution in [0, 0.1) is 0 Å². The van der Waals surface area contributed by atoms with Crippen LogP contribution in [0.4, 0.5) is 0 Å². The molecule has 0 aromatic heterocycles. The molecule has 1 aliphatic carbocycles. The van der Waals surface area contributed by atoms with Crippen molar-refractivity contribution in [3.63, 3.8) is 0 Å². The van der Waals surface area contributed by atoms with Gasteiger partial charge in [0.25, 0.3) is 0 Å². The van der Waals surface area contributed by atoms with Gasteiger partial charge < -0.3 is 20.4 Å². The first kappa shape index (κ1) is 14.2. The Balaban J connectivity index is 2.18. The van der Waals surface area contributed by atoms with Gasteiger partial charge in [0.15, 0.2) is 11.5 Å². The summed E-state index contributed by atoms with van der Waals surface area (Å²) < 4.78 is 0. The molecule has 112 valence electrons. The number of phenolic OH excluding ortho intramolecular Hbond substituents is 2. The van der Waals surface area contributed by atoms with Gasteiger partial charge in [0.05, 0.1) is 0 Å². The van der Waals surface area contributed by atoms with Crippen LogP contribution in [-0.4, -0.2) is 20.4 Å². The van der Waals surface area contributed by atoms with Crippen molar-refractivity contribution in [1.82, 2.24) is 0 Å². The lowest BCUT2D eigenvalue weighted by molar-refractivity contribution is 0.0666. The van der Waals surface area contributed by atoms with Crippen LogP contribution in [0.3, 0.4) is 0 Å². The largest absolute Gasteiger partial charge is 0.508 e. The molecular weight excluding hydrogens is 280 g/mol. The summed E-state index contributed by atoms with van der Waals surface area (Å²) in [5.74, 6) is -1.22. The number of benzene rings is 2. The Bertz CT molecular complexity index is 749. The zero-order valence-electron chi connectivity index (χ0n) is 11.7. The van der Waals surface area contributed by atoms with Gasteiger partial charge in [0, 0.05) is 11.5 Å². The second-order valence-electron chi connectivity index (χ2n) is 5.31. The smallest absolute Gasteiger partial charge is 0.163 e. The third-order valence-electron chi connectivity index (χ3n) is 3.92. The SMILES string of the molecule is OC1=CC(c2ccccc2)C(O)(c2cccc(O)c2O)C=C1. The summed E-state index contributed by atoms with van der Waals surface area (Å²) in [6.07, 6.45) is 4.33. The fourth-order valence-corrected chi connectivity index (χ4v) is 2.79. The van der Waals surface area contributed by atoms with E-state index in [2.05, 4.69) is 0 Å². The van der Waals surface area contributed by atoms with E-state index in [-0.39, 0.29) is 22.8 Å². The Morgan fingerprint density at radius 2 is 1.59 bits per heavy atom. The predicted octanol–water partition coefficient (Wildman–Crippen LogP) is 3.08. The molecule has 0 saturated heterocycles. The fourth-order valence-electron chi connectivity index (χ4n) is 2.79. The molecule has 0 bridgehead atoms. The van der Waals surface area contributed by atoms with Crippen LogP contribution < -0.4 is 0 Å². The first-order valence-electron chi connectivity index (χ1n) is 6.91.